The number of amides is 1. The van der Waals surface area contributed by atoms with Crippen LogP contribution in [0.4, 0.5) is 4.39 Å². The van der Waals surface area contributed by atoms with Gasteiger partial charge in [-0.25, -0.2) is 12.8 Å². The number of fused-ring (bicyclic) bond motifs is 3. The van der Waals surface area contributed by atoms with Crippen molar-refractivity contribution < 1.29 is 17.6 Å². The number of aryl methyl sites for hydroxylation is 2. The average molecular weight is 442 g/mol. The van der Waals surface area contributed by atoms with E-state index in [4.69, 9.17) is 0 Å². The molecule has 162 valence electrons. The molecule has 2 heterocycles. The summed E-state index contributed by atoms with van der Waals surface area (Å²) in [5.74, 6) is -0.861. The van der Waals surface area contributed by atoms with E-state index in [0.717, 1.165) is 36.2 Å². The Bertz CT molecular complexity index is 1260. The Kier molecular flexibility index (Phi) is 5.06. The maximum Gasteiger partial charge on any atom is 0.253 e. The second-order valence-electron chi connectivity index (χ2n) is 8.18. The van der Waals surface area contributed by atoms with Gasteiger partial charge in [-0.15, -0.1) is 0 Å². The third-order valence-corrected chi connectivity index (χ3v) is 8.26. The minimum atomic E-state index is -3.92. The van der Waals surface area contributed by atoms with Crippen LogP contribution in [0.25, 0.3) is 10.9 Å². The first-order valence-corrected chi connectivity index (χ1v) is 12.1. The van der Waals surface area contributed by atoms with Crippen molar-refractivity contribution in [3.8, 4) is 0 Å². The van der Waals surface area contributed by atoms with Crippen LogP contribution in [0.3, 0.4) is 0 Å². The number of hydrogen-bond donors (Lipinski definition) is 1. The molecule has 1 N–H and O–H groups in total. The Morgan fingerprint density at radius 3 is 2.48 bits per heavy atom. The van der Waals surface area contributed by atoms with Gasteiger partial charge in [0.25, 0.3) is 5.91 Å². The molecule has 0 atom stereocenters. The van der Waals surface area contributed by atoms with Gasteiger partial charge in [0.2, 0.25) is 10.0 Å². The molecule has 0 radical (unpaired) electrons. The minimum absolute atomic E-state index is 0.101. The van der Waals surface area contributed by atoms with E-state index in [1.165, 1.54) is 40.2 Å². The number of aromatic amines is 1. The summed E-state index contributed by atoms with van der Waals surface area (Å²) >= 11 is 0. The van der Waals surface area contributed by atoms with Crippen molar-refractivity contribution in [1.82, 2.24) is 14.2 Å². The van der Waals surface area contributed by atoms with Crippen LogP contribution in [-0.2, 0) is 22.9 Å². The zero-order valence-electron chi connectivity index (χ0n) is 17.1. The smallest absolute Gasteiger partial charge is 0.253 e. The largest absolute Gasteiger partial charge is 0.358 e. The van der Waals surface area contributed by atoms with Gasteiger partial charge in [0.1, 0.15) is 10.7 Å². The monoisotopic (exact) mass is 441 g/mol. The molecule has 2 aliphatic rings. The van der Waals surface area contributed by atoms with Gasteiger partial charge in [-0.1, -0.05) is 12.1 Å². The highest BCUT2D eigenvalue weighted by atomic mass is 32.2. The van der Waals surface area contributed by atoms with Crippen LogP contribution in [-0.4, -0.2) is 54.7 Å². The number of benzene rings is 2. The van der Waals surface area contributed by atoms with E-state index in [-0.39, 0.29) is 37.0 Å². The molecular weight excluding hydrogens is 417 g/mol. The zero-order valence-corrected chi connectivity index (χ0v) is 17.9. The van der Waals surface area contributed by atoms with Crippen LogP contribution in [0, 0.1) is 5.82 Å². The van der Waals surface area contributed by atoms with Crippen molar-refractivity contribution in [2.45, 2.75) is 30.6 Å². The first-order chi connectivity index (χ1) is 14.9. The van der Waals surface area contributed by atoms with E-state index in [0.29, 0.717) is 5.56 Å². The fourth-order valence-corrected chi connectivity index (χ4v) is 6.13. The number of nitrogens with one attached hydrogen (secondary N) is 1. The molecule has 3 aromatic rings. The quantitative estimate of drug-likeness (QED) is 0.678. The molecule has 0 bridgehead atoms. The highest BCUT2D eigenvalue weighted by Crippen LogP contribution is 2.30. The van der Waals surface area contributed by atoms with Gasteiger partial charge in [-0.05, 0) is 61.6 Å². The van der Waals surface area contributed by atoms with Crippen LogP contribution in [0.5, 0.6) is 0 Å². The molecule has 8 heteroatoms. The molecule has 0 unspecified atom stereocenters. The highest BCUT2D eigenvalue weighted by Gasteiger charge is 2.32. The first-order valence-electron chi connectivity index (χ1n) is 10.6. The van der Waals surface area contributed by atoms with Crippen molar-refractivity contribution in [1.29, 1.82) is 0 Å². The van der Waals surface area contributed by atoms with Gasteiger partial charge >= 0.3 is 0 Å². The summed E-state index contributed by atoms with van der Waals surface area (Å²) in [5, 5.41) is 1.11. The number of H-pyrrole nitrogens is 1. The van der Waals surface area contributed by atoms with E-state index in [1.54, 1.807) is 4.90 Å². The fourth-order valence-electron chi connectivity index (χ4n) is 4.65. The average Bonchev–Trinajstić information content (AvgIpc) is 3.17. The van der Waals surface area contributed by atoms with Gasteiger partial charge < -0.3 is 9.88 Å². The minimum Gasteiger partial charge on any atom is -0.358 e. The van der Waals surface area contributed by atoms with E-state index in [2.05, 4.69) is 4.98 Å². The van der Waals surface area contributed by atoms with Gasteiger partial charge in [-0.2, -0.15) is 4.31 Å². The predicted molar refractivity (Wildman–Crippen MR) is 116 cm³/mol. The standard InChI is InChI=1S/C23H24FN3O3S/c24-19-6-2-4-8-22(19)31(29,30)27-13-11-26(12-14-27)23(28)16-9-10-21-18(15-16)17-5-1-3-7-20(17)25-21/h2,4,6,8-10,15,25H,1,3,5,7,11-14H2. The van der Waals surface area contributed by atoms with Crippen molar-refractivity contribution in [3.63, 3.8) is 0 Å². The lowest BCUT2D eigenvalue weighted by Crippen LogP contribution is -2.50. The molecule has 1 fully saturated rings. The number of carbonyl (C=O) groups excluding carboxylic acids is 1. The van der Waals surface area contributed by atoms with Crippen molar-refractivity contribution in [2.24, 2.45) is 0 Å². The first kappa shape index (κ1) is 20.2. The highest BCUT2D eigenvalue weighted by molar-refractivity contribution is 7.89. The van der Waals surface area contributed by atoms with Gasteiger partial charge in [0.05, 0.1) is 0 Å². The third kappa shape index (κ3) is 3.53. The van der Waals surface area contributed by atoms with Gasteiger partial charge in [0, 0.05) is 48.3 Å². The lowest BCUT2D eigenvalue weighted by atomic mass is 9.95. The van der Waals surface area contributed by atoms with E-state index < -0.39 is 15.8 Å². The molecule has 1 aliphatic heterocycles. The molecule has 1 aromatic heterocycles. The van der Waals surface area contributed by atoms with E-state index >= 15 is 0 Å². The summed E-state index contributed by atoms with van der Waals surface area (Å²) in [7, 11) is -3.92. The maximum absolute atomic E-state index is 14.0. The lowest BCUT2D eigenvalue weighted by Gasteiger charge is -2.34. The second-order valence-corrected chi connectivity index (χ2v) is 10.1. The molecule has 1 amide bonds. The molecule has 1 aliphatic carbocycles. The predicted octanol–water partition coefficient (Wildman–Crippen LogP) is 3.33. The number of hydrogen-bond acceptors (Lipinski definition) is 3. The lowest BCUT2D eigenvalue weighted by molar-refractivity contribution is 0.0698. The Morgan fingerprint density at radius 2 is 1.71 bits per heavy atom. The van der Waals surface area contributed by atoms with Crippen LogP contribution < -0.4 is 0 Å². The Balaban J connectivity index is 1.33. The normalized spacial score (nSPS) is 17.6. The van der Waals surface area contributed by atoms with Crippen LogP contribution in [0.15, 0.2) is 47.4 Å². The fraction of sp³-hybridized carbons (Fsp3) is 0.348. The van der Waals surface area contributed by atoms with Crippen molar-refractivity contribution in [3.05, 3.63) is 65.1 Å². The van der Waals surface area contributed by atoms with E-state index in [1.807, 2.05) is 18.2 Å². The molecule has 31 heavy (non-hydrogen) atoms. The summed E-state index contributed by atoms with van der Waals surface area (Å²) in [6.07, 6.45) is 4.42. The zero-order chi connectivity index (χ0) is 21.6. The number of rotatable bonds is 3. The summed E-state index contributed by atoms with van der Waals surface area (Å²) < 4.78 is 40.8. The van der Waals surface area contributed by atoms with E-state index in [9.17, 15) is 17.6 Å². The summed E-state index contributed by atoms with van der Waals surface area (Å²) in [4.78, 5) is 17.9. The number of aromatic nitrogens is 1. The Hall–Kier alpha value is -2.71. The molecule has 5 rings (SSSR count). The Labute approximate surface area is 180 Å². The van der Waals surface area contributed by atoms with Crippen molar-refractivity contribution >= 4 is 26.8 Å². The number of sulfonamides is 1. The maximum atomic E-state index is 14.0. The summed E-state index contributed by atoms with van der Waals surface area (Å²) in [6, 6.07) is 11.1. The number of piperazine rings is 1. The molecule has 0 saturated carbocycles. The topological polar surface area (TPSA) is 73.5 Å². The van der Waals surface area contributed by atoms with Gasteiger partial charge in [0.15, 0.2) is 0 Å². The van der Waals surface area contributed by atoms with Crippen LogP contribution in [0.2, 0.25) is 0 Å². The number of nitrogens with zero attached hydrogens (tertiary/aromatic N) is 2. The molecular formula is C23H24FN3O3S. The Morgan fingerprint density at radius 1 is 0.968 bits per heavy atom. The molecule has 1 saturated heterocycles. The van der Waals surface area contributed by atoms with Gasteiger partial charge in [-0.3, -0.25) is 4.79 Å². The number of carbonyl (C=O) groups is 1. The summed E-state index contributed by atoms with van der Waals surface area (Å²) in [5.41, 5.74) is 4.27. The number of halogens is 1. The van der Waals surface area contributed by atoms with Crippen LogP contribution in [0.1, 0.15) is 34.5 Å². The molecule has 6 nitrogen and oxygen atoms in total. The van der Waals surface area contributed by atoms with Crippen molar-refractivity contribution in [2.75, 3.05) is 26.2 Å². The summed E-state index contributed by atoms with van der Waals surface area (Å²) in [6.45, 7) is 0.833. The molecule has 2 aromatic carbocycles. The van der Waals surface area contributed by atoms with Crippen LogP contribution >= 0.6 is 0 Å². The molecule has 0 spiro atoms. The second kappa shape index (κ2) is 7.76. The third-order valence-electron chi connectivity index (χ3n) is 6.33. The SMILES string of the molecule is O=C(c1ccc2[nH]c3c(c2c1)CCCC3)N1CCN(S(=O)(=O)c2ccccc2F)CC1.